The van der Waals surface area contributed by atoms with Gasteiger partial charge in [-0.2, -0.15) is 0 Å². The molecule has 0 fully saturated rings. The average molecular weight is 743 g/mol. The van der Waals surface area contributed by atoms with Gasteiger partial charge < -0.3 is 34.3 Å². The number of ether oxygens (including phenoxy) is 5. The largest absolute Gasteiger partial charge is 0.381 e. The zero-order chi connectivity index (χ0) is 38.9. The highest BCUT2D eigenvalue weighted by Crippen LogP contribution is 2.11. The first-order valence-corrected chi connectivity index (χ1v) is 20.0. The van der Waals surface area contributed by atoms with E-state index in [-0.39, 0.29) is 80.4 Å². The van der Waals surface area contributed by atoms with Crippen LogP contribution in [0, 0.1) is 0 Å². The Hall–Kier alpha value is -2.25. The first-order chi connectivity index (χ1) is 24.9. The predicted octanol–water partition coefficient (Wildman–Crippen LogP) is 6.24. The SMILES string of the molecule is CCCCOCCCC(=O)CCC(NC(=O)CCC(NC(=O)CCOCCOC(C)(C)C)C(=O)CCCOCCCC)C(=O)CCCOCCCC. The lowest BCUT2D eigenvalue weighted by Crippen LogP contribution is -2.44. The van der Waals surface area contributed by atoms with E-state index in [0.29, 0.717) is 78.5 Å². The van der Waals surface area contributed by atoms with Crippen LogP contribution in [0.15, 0.2) is 0 Å². The zero-order valence-electron chi connectivity index (χ0n) is 33.6. The van der Waals surface area contributed by atoms with E-state index >= 15 is 0 Å². The van der Waals surface area contributed by atoms with E-state index in [9.17, 15) is 24.0 Å². The maximum Gasteiger partial charge on any atom is 0.222 e. The molecule has 0 spiro atoms. The second-order valence-corrected chi connectivity index (χ2v) is 14.3. The van der Waals surface area contributed by atoms with Crippen LogP contribution in [0.1, 0.15) is 151 Å². The van der Waals surface area contributed by atoms with Crippen LogP contribution < -0.4 is 10.6 Å². The van der Waals surface area contributed by atoms with Gasteiger partial charge in [-0.25, -0.2) is 0 Å². The Morgan fingerprint density at radius 2 is 0.865 bits per heavy atom. The van der Waals surface area contributed by atoms with Crippen molar-refractivity contribution < 1.29 is 47.7 Å². The molecule has 0 bridgehead atoms. The van der Waals surface area contributed by atoms with Crippen molar-refractivity contribution in [1.82, 2.24) is 10.6 Å². The quantitative estimate of drug-likeness (QED) is 0.0700. The fraction of sp³-hybridized carbons (Fsp3) is 0.875. The summed E-state index contributed by atoms with van der Waals surface area (Å²) in [7, 11) is 0. The highest BCUT2D eigenvalue weighted by atomic mass is 16.5. The Kier molecular flexibility index (Phi) is 31.9. The molecule has 2 unspecified atom stereocenters. The summed E-state index contributed by atoms with van der Waals surface area (Å²) in [6.07, 6.45) is 8.85. The number of carbonyl (C=O) groups excluding carboxylic acids is 5. The fourth-order valence-corrected chi connectivity index (χ4v) is 5.00. The lowest BCUT2D eigenvalue weighted by molar-refractivity contribution is -0.130. The van der Waals surface area contributed by atoms with E-state index in [1.54, 1.807) is 0 Å². The second kappa shape index (κ2) is 33.3. The molecule has 2 atom stereocenters. The minimum Gasteiger partial charge on any atom is -0.381 e. The molecule has 0 radical (unpaired) electrons. The Morgan fingerprint density at radius 3 is 1.33 bits per heavy atom. The third kappa shape index (κ3) is 31.3. The van der Waals surface area contributed by atoms with Gasteiger partial charge in [-0.05, 0) is 72.1 Å². The van der Waals surface area contributed by atoms with Gasteiger partial charge in [-0.15, -0.1) is 0 Å². The normalized spacial score (nSPS) is 12.7. The molecule has 0 rings (SSSR count). The van der Waals surface area contributed by atoms with Crippen molar-refractivity contribution in [2.75, 3.05) is 59.5 Å². The van der Waals surface area contributed by atoms with Gasteiger partial charge in [0.05, 0.1) is 37.5 Å². The number of Topliss-reactive ketones (excluding diaryl/α,β-unsaturated/α-hetero) is 3. The molecule has 2 amide bonds. The third-order valence-corrected chi connectivity index (χ3v) is 8.15. The summed E-state index contributed by atoms with van der Waals surface area (Å²) in [6, 6.07) is -1.69. The van der Waals surface area contributed by atoms with E-state index in [0.717, 1.165) is 38.5 Å². The molecule has 0 saturated carbocycles. The molecule has 12 heteroatoms. The first-order valence-electron chi connectivity index (χ1n) is 20.0. The number of hydrogen-bond acceptors (Lipinski definition) is 10. The van der Waals surface area contributed by atoms with Gasteiger partial charge in [0.25, 0.3) is 0 Å². The zero-order valence-corrected chi connectivity index (χ0v) is 33.6. The van der Waals surface area contributed by atoms with Crippen LogP contribution >= 0.6 is 0 Å². The van der Waals surface area contributed by atoms with Crippen LogP contribution in [0.4, 0.5) is 0 Å². The molecule has 12 nitrogen and oxygen atoms in total. The van der Waals surface area contributed by atoms with Crippen molar-refractivity contribution in [2.45, 2.75) is 168 Å². The summed E-state index contributed by atoms with van der Waals surface area (Å²) in [5.41, 5.74) is -0.279. The number of nitrogens with one attached hydrogen (secondary N) is 2. The van der Waals surface area contributed by atoms with Gasteiger partial charge in [0.1, 0.15) is 5.78 Å². The summed E-state index contributed by atoms with van der Waals surface area (Å²) in [4.78, 5) is 65.0. The van der Waals surface area contributed by atoms with E-state index in [2.05, 4.69) is 31.4 Å². The first kappa shape index (κ1) is 49.8. The van der Waals surface area contributed by atoms with Gasteiger partial charge in [-0.1, -0.05) is 40.0 Å². The van der Waals surface area contributed by atoms with Gasteiger partial charge in [0.15, 0.2) is 11.6 Å². The van der Waals surface area contributed by atoms with Gasteiger partial charge in [0, 0.05) is 78.2 Å². The number of amides is 2. The van der Waals surface area contributed by atoms with E-state index in [1.165, 1.54) is 0 Å². The number of rotatable bonds is 37. The summed E-state index contributed by atoms with van der Waals surface area (Å²) >= 11 is 0. The average Bonchev–Trinajstić information content (AvgIpc) is 3.10. The summed E-state index contributed by atoms with van der Waals surface area (Å²) in [5.74, 6) is -1.07. The highest BCUT2D eigenvalue weighted by molar-refractivity contribution is 5.91. The number of carbonyl (C=O) groups is 5. The summed E-state index contributed by atoms with van der Waals surface area (Å²) < 4.78 is 27.9. The topological polar surface area (TPSA) is 156 Å². The Balaban J connectivity index is 5.24. The lowest BCUT2D eigenvalue weighted by atomic mass is 9.99. The monoisotopic (exact) mass is 743 g/mol. The summed E-state index contributed by atoms with van der Waals surface area (Å²) in [5, 5.41) is 5.62. The molecule has 52 heavy (non-hydrogen) atoms. The molecule has 304 valence electrons. The van der Waals surface area contributed by atoms with E-state index < -0.39 is 18.0 Å². The van der Waals surface area contributed by atoms with Gasteiger partial charge in [-0.3, -0.25) is 24.0 Å². The third-order valence-electron chi connectivity index (χ3n) is 8.15. The standard InChI is InChI=1S/C40H74N2O10/c1-7-10-24-48-27-13-16-33(43)19-20-34(36(44)17-14-28-49-25-11-8-2)41-38(46)22-21-35(37(45)18-15-29-50-26-12-9-3)42-39(47)23-30-51-31-32-52-40(4,5)6/h34-35H,7-32H2,1-6H3,(H,41,46)(H,42,47). The lowest BCUT2D eigenvalue weighted by Gasteiger charge is -2.21. The van der Waals surface area contributed by atoms with E-state index in [1.807, 2.05) is 20.8 Å². The number of ketones is 3. The van der Waals surface area contributed by atoms with Crippen LogP contribution in [0.3, 0.4) is 0 Å². The predicted molar refractivity (Wildman–Crippen MR) is 203 cm³/mol. The Morgan fingerprint density at radius 1 is 0.462 bits per heavy atom. The minimum absolute atomic E-state index is 0.0202. The molecular formula is C40H74N2O10. The Labute approximate surface area is 314 Å². The molecule has 0 aromatic heterocycles. The van der Waals surface area contributed by atoms with Gasteiger partial charge in [0.2, 0.25) is 11.8 Å². The maximum atomic E-state index is 13.2. The van der Waals surface area contributed by atoms with Crippen LogP contribution in [0.25, 0.3) is 0 Å². The van der Waals surface area contributed by atoms with Crippen molar-refractivity contribution in [1.29, 1.82) is 0 Å². The smallest absolute Gasteiger partial charge is 0.222 e. The van der Waals surface area contributed by atoms with Crippen molar-refractivity contribution >= 4 is 29.2 Å². The van der Waals surface area contributed by atoms with Crippen LogP contribution in [0.2, 0.25) is 0 Å². The molecule has 2 N–H and O–H groups in total. The van der Waals surface area contributed by atoms with Crippen molar-refractivity contribution in [3.63, 3.8) is 0 Å². The van der Waals surface area contributed by atoms with Crippen molar-refractivity contribution in [3.8, 4) is 0 Å². The Bertz CT molecular complexity index is 953. The highest BCUT2D eigenvalue weighted by Gasteiger charge is 2.25. The molecule has 0 aliphatic carbocycles. The molecule has 0 aromatic carbocycles. The molecule has 0 aliphatic heterocycles. The van der Waals surface area contributed by atoms with Crippen LogP contribution in [-0.2, 0) is 47.7 Å². The molecule has 0 aromatic rings. The van der Waals surface area contributed by atoms with Crippen molar-refractivity contribution in [2.24, 2.45) is 0 Å². The molecule has 0 aliphatic rings. The van der Waals surface area contributed by atoms with Crippen molar-refractivity contribution in [3.05, 3.63) is 0 Å². The molecule has 0 saturated heterocycles. The van der Waals surface area contributed by atoms with Crippen LogP contribution in [0.5, 0.6) is 0 Å². The number of unbranched alkanes of at least 4 members (excludes halogenated alkanes) is 3. The van der Waals surface area contributed by atoms with Gasteiger partial charge >= 0.3 is 0 Å². The maximum absolute atomic E-state index is 13.2. The summed E-state index contributed by atoms with van der Waals surface area (Å²) in [6.45, 7) is 16.4. The fourth-order valence-electron chi connectivity index (χ4n) is 5.00. The van der Waals surface area contributed by atoms with Crippen LogP contribution in [-0.4, -0.2) is 106 Å². The molecular weight excluding hydrogens is 668 g/mol. The second-order valence-electron chi connectivity index (χ2n) is 14.3. The molecule has 0 heterocycles. The minimum atomic E-state index is -0.867. The number of hydrogen-bond donors (Lipinski definition) is 2. The van der Waals surface area contributed by atoms with E-state index in [4.69, 9.17) is 23.7 Å².